The largest absolute Gasteiger partial charge is 0.335 e. The van der Waals surface area contributed by atoms with Gasteiger partial charge < -0.3 is 15.6 Å². The van der Waals surface area contributed by atoms with E-state index in [1.54, 1.807) is 0 Å². The minimum atomic E-state index is 0.0205. The zero-order valence-corrected chi connectivity index (χ0v) is 13.2. The molecule has 118 valence electrons. The molecule has 22 heavy (non-hydrogen) atoms. The summed E-state index contributed by atoms with van der Waals surface area (Å²) in [6.45, 7) is 5.47. The summed E-state index contributed by atoms with van der Waals surface area (Å²) in [5.41, 5.74) is 7.43. The lowest BCUT2D eigenvalue weighted by Gasteiger charge is -2.11. The van der Waals surface area contributed by atoms with Crippen molar-refractivity contribution in [2.24, 2.45) is 5.73 Å². The van der Waals surface area contributed by atoms with Crippen LogP contribution in [0, 0.1) is 0 Å². The highest BCUT2D eigenvalue weighted by molar-refractivity contribution is 5.91. The molecular formula is C17H24N4O. The van der Waals surface area contributed by atoms with Crippen LogP contribution in [0.5, 0.6) is 0 Å². The molecule has 0 unspecified atom stereocenters. The Balaban J connectivity index is 1.84. The molecule has 5 heteroatoms. The fourth-order valence-corrected chi connectivity index (χ4v) is 2.45. The summed E-state index contributed by atoms with van der Waals surface area (Å²) in [6.07, 6.45) is 5.05. The average Bonchev–Trinajstić information content (AvgIpc) is 2.96. The number of benzene rings is 1. The molecule has 0 saturated heterocycles. The second kappa shape index (κ2) is 7.75. The van der Waals surface area contributed by atoms with Crippen molar-refractivity contribution in [3.63, 3.8) is 0 Å². The van der Waals surface area contributed by atoms with Crippen molar-refractivity contribution in [1.29, 1.82) is 0 Å². The van der Waals surface area contributed by atoms with Crippen molar-refractivity contribution in [3.05, 3.63) is 48.0 Å². The predicted molar refractivity (Wildman–Crippen MR) is 88.5 cm³/mol. The highest BCUT2D eigenvalue weighted by atomic mass is 16.1. The number of nitrogens with two attached hydrogens (primary N) is 1. The van der Waals surface area contributed by atoms with E-state index in [4.69, 9.17) is 5.73 Å². The Morgan fingerprint density at radius 2 is 2.14 bits per heavy atom. The van der Waals surface area contributed by atoms with E-state index >= 15 is 0 Å². The first-order valence-corrected chi connectivity index (χ1v) is 7.70. The van der Waals surface area contributed by atoms with Gasteiger partial charge in [-0.25, -0.2) is 4.98 Å². The van der Waals surface area contributed by atoms with Crippen molar-refractivity contribution < 1.29 is 4.79 Å². The minimum absolute atomic E-state index is 0.0205. The molecule has 1 heterocycles. The topological polar surface area (TPSA) is 72.9 Å². The van der Waals surface area contributed by atoms with Crippen molar-refractivity contribution in [1.82, 2.24) is 9.55 Å². The second-order valence-corrected chi connectivity index (χ2v) is 5.65. The summed E-state index contributed by atoms with van der Waals surface area (Å²) in [4.78, 5) is 16.4. The van der Waals surface area contributed by atoms with E-state index in [0.717, 1.165) is 30.0 Å². The number of para-hydroxylation sites is 1. The molecule has 1 aromatic carbocycles. The third kappa shape index (κ3) is 4.18. The fourth-order valence-electron chi connectivity index (χ4n) is 2.45. The van der Waals surface area contributed by atoms with E-state index in [9.17, 15) is 4.79 Å². The maximum absolute atomic E-state index is 12.1. The normalized spacial score (nSPS) is 10.9. The first kappa shape index (κ1) is 16.2. The number of aromatic nitrogens is 2. The van der Waals surface area contributed by atoms with E-state index in [1.807, 2.05) is 36.7 Å². The molecule has 0 spiro atoms. The van der Waals surface area contributed by atoms with Gasteiger partial charge in [0.15, 0.2) is 0 Å². The van der Waals surface area contributed by atoms with Crippen LogP contribution in [0.2, 0.25) is 0 Å². The molecule has 0 fully saturated rings. The fraction of sp³-hybridized carbons (Fsp3) is 0.412. The Bertz CT molecular complexity index is 619. The van der Waals surface area contributed by atoms with Crippen LogP contribution < -0.4 is 11.1 Å². The van der Waals surface area contributed by atoms with Crippen LogP contribution in [0.15, 0.2) is 36.7 Å². The van der Waals surface area contributed by atoms with E-state index in [1.165, 1.54) is 0 Å². The highest BCUT2D eigenvalue weighted by Crippen LogP contribution is 2.15. The number of rotatable bonds is 7. The zero-order valence-electron chi connectivity index (χ0n) is 13.2. The number of imidazole rings is 1. The molecule has 3 N–H and O–H groups in total. The highest BCUT2D eigenvalue weighted by Gasteiger charge is 2.09. The molecule has 0 aliphatic rings. The first-order valence-electron chi connectivity index (χ1n) is 7.70. The van der Waals surface area contributed by atoms with Crippen LogP contribution in [0.1, 0.15) is 44.0 Å². The van der Waals surface area contributed by atoms with Gasteiger partial charge in [0.25, 0.3) is 0 Å². The quantitative estimate of drug-likeness (QED) is 0.825. The van der Waals surface area contributed by atoms with Gasteiger partial charge in [-0.05, 0) is 18.1 Å². The summed E-state index contributed by atoms with van der Waals surface area (Å²) in [6, 6.07) is 7.63. The lowest BCUT2D eigenvalue weighted by atomic mass is 10.1. The standard InChI is InChI=1S/C17H24N4O/c1-13(2)17-19-9-11-21(17)10-5-8-16(22)20-15-7-4-3-6-14(15)12-18/h3-4,6-7,9,11,13H,5,8,10,12,18H2,1-2H3,(H,20,22). The van der Waals surface area contributed by atoms with Crippen LogP contribution in [0.3, 0.4) is 0 Å². The Kier molecular flexibility index (Phi) is 5.72. The van der Waals surface area contributed by atoms with Gasteiger partial charge >= 0.3 is 0 Å². The third-order valence-corrected chi connectivity index (χ3v) is 3.58. The van der Waals surface area contributed by atoms with Gasteiger partial charge in [0.2, 0.25) is 5.91 Å². The van der Waals surface area contributed by atoms with Crippen molar-refractivity contribution >= 4 is 11.6 Å². The lowest BCUT2D eigenvalue weighted by molar-refractivity contribution is -0.116. The third-order valence-electron chi connectivity index (χ3n) is 3.58. The molecule has 0 aliphatic carbocycles. The molecule has 2 aromatic rings. The van der Waals surface area contributed by atoms with Gasteiger partial charge in [-0.3, -0.25) is 4.79 Å². The average molecular weight is 300 g/mol. The molecule has 1 aromatic heterocycles. The molecule has 0 atom stereocenters. The molecule has 2 rings (SSSR count). The van der Waals surface area contributed by atoms with Crippen LogP contribution in [-0.4, -0.2) is 15.5 Å². The summed E-state index contributed by atoms with van der Waals surface area (Å²) in [5.74, 6) is 1.47. The number of amides is 1. The van der Waals surface area contributed by atoms with Gasteiger partial charge in [-0.15, -0.1) is 0 Å². The second-order valence-electron chi connectivity index (χ2n) is 5.65. The smallest absolute Gasteiger partial charge is 0.224 e. The van der Waals surface area contributed by atoms with E-state index < -0.39 is 0 Å². The number of carbonyl (C=O) groups excluding carboxylic acids is 1. The number of carbonyl (C=O) groups is 1. The Labute approximate surface area is 131 Å². The number of anilines is 1. The van der Waals surface area contributed by atoms with Gasteiger partial charge in [-0.1, -0.05) is 32.0 Å². The maximum atomic E-state index is 12.1. The summed E-state index contributed by atoms with van der Waals surface area (Å²) < 4.78 is 2.12. The van der Waals surface area contributed by atoms with Crippen LogP contribution in [0.4, 0.5) is 5.69 Å². The molecule has 0 aliphatic heterocycles. The number of hydrogen-bond acceptors (Lipinski definition) is 3. The summed E-state index contributed by atoms with van der Waals surface area (Å²) in [7, 11) is 0. The van der Waals surface area contributed by atoms with Crippen LogP contribution >= 0.6 is 0 Å². The van der Waals surface area contributed by atoms with E-state index in [0.29, 0.717) is 18.9 Å². The molecule has 0 radical (unpaired) electrons. The molecule has 0 saturated carbocycles. The molecule has 1 amide bonds. The molecule has 0 bridgehead atoms. The number of nitrogens with one attached hydrogen (secondary N) is 1. The zero-order chi connectivity index (χ0) is 15.9. The Morgan fingerprint density at radius 3 is 2.86 bits per heavy atom. The maximum Gasteiger partial charge on any atom is 0.224 e. The van der Waals surface area contributed by atoms with Crippen LogP contribution in [-0.2, 0) is 17.9 Å². The van der Waals surface area contributed by atoms with Crippen molar-refractivity contribution in [2.45, 2.75) is 45.7 Å². The SMILES string of the molecule is CC(C)c1nccn1CCCC(=O)Nc1ccccc1CN. The number of nitrogens with zero attached hydrogens (tertiary/aromatic N) is 2. The predicted octanol–water partition coefficient (Wildman–Crippen LogP) is 2.88. The number of aryl methyl sites for hydroxylation is 1. The van der Waals surface area contributed by atoms with E-state index in [2.05, 4.69) is 28.7 Å². The van der Waals surface area contributed by atoms with Gasteiger partial charge in [0.05, 0.1) is 0 Å². The summed E-state index contributed by atoms with van der Waals surface area (Å²) >= 11 is 0. The Hall–Kier alpha value is -2.14. The first-order chi connectivity index (χ1) is 10.6. The van der Waals surface area contributed by atoms with Crippen LogP contribution in [0.25, 0.3) is 0 Å². The molecular weight excluding hydrogens is 276 g/mol. The van der Waals surface area contributed by atoms with Gasteiger partial charge in [0.1, 0.15) is 5.82 Å². The monoisotopic (exact) mass is 300 g/mol. The van der Waals surface area contributed by atoms with Crippen molar-refractivity contribution in [3.8, 4) is 0 Å². The van der Waals surface area contributed by atoms with Crippen molar-refractivity contribution in [2.75, 3.05) is 5.32 Å². The number of hydrogen-bond donors (Lipinski definition) is 2. The minimum Gasteiger partial charge on any atom is -0.335 e. The summed E-state index contributed by atoms with van der Waals surface area (Å²) in [5, 5.41) is 2.94. The lowest BCUT2D eigenvalue weighted by Crippen LogP contribution is -2.15. The Morgan fingerprint density at radius 1 is 1.36 bits per heavy atom. The van der Waals surface area contributed by atoms with Gasteiger partial charge in [0, 0.05) is 43.5 Å². The van der Waals surface area contributed by atoms with E-state index in [-0.39, 0.29) is 5.91 Å². The van der Waals surface area contributed by atoms with Gasteiger partial charge in [-0.2, -0.15) is 0 Å². The molecule has 5 nitrogen and oxygen atoms in total.